The summed E-state index contributed by atoms with van der Waals surface area (Å²) in [6.07, 6.45) is 1.04. The zero-order valence-electron chi connectivity index (χ0n) is 11.4. The van der Waals surface area contributed by atoms with Gasteiger partial charge in [0.1, 0.15) is 5.82 Å². The fourth-order valence-electron chi connectivity index (χ4n) is 2.20. The highest BCUT2D eigenvalue weighted by molar-refractivity contribution is 5.67. The molecule has 0 spiro atoms. The first-order valence-corrected chi connectivity index (χ1v) is 6.76. The van der Waals surface area contributed by atoms with Crippen LogP contribution in [-0.4, -0.2) is 44.3 Å². The first kappa shape index (κ1) is 14.1. The van der Waals surface area contributed by atoms with E-state index in [2.05, 4.69) is 10.2 Å². The highest BCUT2D eigenvalue weighted by Crippen LogP contribution is 2.22. The summed E-state index contributed by atoms with van der Waals surface area (Å²) < 4.78 is 18.6. The number of hydrogen-bond donors (Lipinski definition) is 2. The molecule has 0 saturated carbocycles. The highest BCUT2D eigenvalue weighted by Gasteiger charge is 2.09. The predicted molar refractivity (Wildman–Crippen MR) is 75.9 cm³/mol. The van der Waals surface area contributed by atoms with Gasteiger partial charge in [0.2, 0.25) is 0 Å². The van der Waals surface area contributed by atoms with Crippen molar-refractivity contribution in [2.45, 2.75) is 13.3 Å². The third-order valence-electron chi connectivity index (χ3n) is 3.40. The molecule has 106 valence electrons. The second kappa shape index (κ2) is 6.73. The van der Waals surface area contributed by atoms with Crippen molar-refractivity contribution in [1.29, 1.82) is 0 Å². The SMILES string of the molecule is Cc1cc(NCCCN2CCOCC2)c(N)cc1F. The van der Waals surface area contributed by atoms with Gasteiger partial charge in [-0.15, -0.1) is 0 Å². The van der Waals surface area contributed by atoms with Gasteiger partial charge in [-0.1, -0.05) is 0 Å². The lowest BCUT2D eigenvalue weighted by Gasteiger charge is -2.26. The maximum absolute atomic E-state index is 13.3. The van der Waals surface area contributed by atoms with Crippen LogP contribution >= 0.6 is 0 Å². The van der Waals surface area contributed by atoms with Crippen molar-refractivity contribution in [3.05, 3.63) is 23.5 Å². The number of aryl methyl sites for hydroxylation is 1. The van der Waals surface area contributed by atoms with Crippen LogP contribution in [0.5, 0.6) is 0 Å². The smallest absolute Gasteiger partial charge is 0.128 e. The second-order valence-corrected chi connectivity index (χ2v) is 4.92. The molecule has 0 atom stereocenters. The van der Waals surface area contributed by atoms with E-state index in [0.29, 0.717) is 11.3 Å². The van der Waals surface area contributed by atoms with Gasteiger partial charge in [-0.3, -0.25) is 4.90 Å². The van der Waals surface area contributed by atoms with Crippen molar-refractivity contribution in [2.75, 3.05) is 50.4 Å². The topological polar surface area (TPSA) is 50.5 Å². The molecule has 0 aliphatic carbocycles. The Morgan fingerprint density at radius 2 is 2.11 bits per heavy atom. The molecule has 1 aliphatic heterocycles. The van der Waals surface area contributed by atoms with E-state index in [1.807, 2.05) is 0 Å². The predicted octanol–water partition coefficient (Wildman–Crippen LogP) is 1.85. The van der Waals surface area contributed by atoms with Gasteiger partial charge in [-0.05, 0) is 37.6 Å². The Labute approximate surface area is 113 Å². The monoisotopic (exact) mass is 267 g/mol. The molecule has 1 aliphatic rings. The Bertz CT molecular complexity index is 419. The molecule has 0 unspecified atom stereocenters. The van der Waals surface area contributed by atoms with E-state index < -0.39 is 0 Å². The number of anilines is 2. The number of halogens is 1. The highest BCUT2D eigenvalue weighted by atomic mass is 19.1. The minimum Gasteiger partial charge on any atom is -0.397 e. The molecule has 1 aromatic carbocycles. The molecule has 1 saturated heterocycles. The summed E-state index contributed by atoms with van der Waals surface area (Å²) in [4.78, 5) is 2.39. The molecular weight excluding hydrogens is 245 g/mol. The van der Waals surface area contributed by atoms with Gasteiger partial charge in [0.15, 0.2) is 0 Å². The van der Waals surface area contributed by atoms with Crippen LogP contribution in [0, 0.1) is 12.7 Å². The van der Waals surface area contributed by atoms with Gasteiger partial charge in [0.25, 0.3) is 0 Å². The minimum absolute atomic E-state index is 0.253. The second-order valence-electron chi connectivity index (χ2n) is 4.92. The number of benzene rings is 1. The molecule has 0 aromatic heterocycles. The fraction of sp³-hybridized carbons (Fsp3) is 0.571. The van der Waals surface area contributed by atoms with Crippen molar-refractivity contribution in [2.24, 2.45) is 0 Å². The number of rotatable bonds is 5. The Kier molecular flexibility index (Phi) is 4.99. The Balaban J connectivity index is 1.74. The standard InChI is InChI=1S/C14H22FN3O/c1-11-9-14(13(16)10-12(11)15)17-3-2-4-18-5-7-19-8-6-18/h9-10,17H,2-8,16H2,1H3. The van der Waals surface area contributed by atoms with Crippen LogP contribution in [0.1, 0.15) is 12.0 Å². The quantitative estimate of drug-likeness (QED) is 0.631. The lowest BCUT2D eigenvalue weighted by atomic mass is 10.2. The van der Waals surface area contributed by atoms with Crippen LogP contribution < -0.4 is 11.1 Å². The summed E-state index contributed by atoms with van der Waals surface area (Å²) in [5, 5.41) is 3.27. The number of nitrogen functional groups attached to an aromatic ring is 1. The van der Waals surface area contributed by atoms with Crippen LogP contribution in [0.15, 0.2) is 12.1 Å². The number of ether oxygens (including phenoxy) is 1. The fourth-order valence-corrected chi connectivity index (χ4v) is 2.20. The number of nitrogens with one attached hydrogen (secondary N) is 1. The van der Waals surface area contributed by atoms with Gasteiger partial charge in [0.05, 0.1) is 24.6 Å². The molecule has 3 N–H and O–H groups in total. The molecule has 19 heavy (non-hydrogen) atoms. The van der Waals surface area contributed by atoms with Crippen molar-refractivity contribution >= 4 is 11.4 Å². The van der Waals surface area contributed by atoms with E-state index in [1.165, 1.54) is 6.07 Å². The maximum Gasteiger partial charge on any atom is 0.128 e. The van der Waals surface area contributed by atoms with Gasteiger partial charge < -0.3 is 15.8 Å². The van der Waals surface area contributed by atoms with Crippen molar-refractivity contribution in [3.63, 3.8) is 0 Å². The average Bonchev–Trinajstić information content (AvgIpc) is 2.41. The molecule has 1 heterocycles. The Morgan fingerprint density at radius 3 is 2.84 bits per heavy atom. The number of nitrogens with two attached hydrogens (primary N) is 1. The summed E-state index contributed by atoms with van der Waals surface area (Å²) in [5.41, 5.74) is 7.69. The van der Waals surface area contributed by atoms with Crippen molar-refractivity contribution < 1.29 is 9.13 Å². The summed E-state index contributed by atoms with van der Waals surface area (Å²) in [6, 6.07) is 3.14. The molecule has 1 fully saturated rings. The van der Waals surface area contributed by atoms with E-state index in [9.17, 15) is 4.39 Å². The van der Waals surface area contributed by atoms with Crippen LogP contribution in [0.4, 0.5) is 15.8 Å². The summed E-state index contributed by atoms with van der Waals surface area (Å²) in [6.45, 7) is 7.32. The van der Waals surface area contributed by atoms with Gasteiger partial charge >= 0.3 is 0 Å². The zero-order valence-corrected chi connectivity index (χ0v) is 11.4. The van der Waals surface area contributed by atoms with Gasteiger partial charge in [-0.2, -0.15) is 0 Å². The first-order valence-electron chi connectivity index (χ1n) is 6.76. The number of nitrogens with zero attached hydrogens (tertiary/aromatic N) is 1. The number of hydrogen-bond acceptors (Lipinski definition) is 4. The normalized spacial score (nSPS) is 16.5. The molecule has 5 heteroatoms. The molecule has 4 nitrogen and oxygen atoms in total. The Morgan fingerprint density at radius 1 is 1.37 bits per heavy atom. The minimum atomic E-state index is -0.253. The molecule has 2 rings (SSSR count). The van der Waals surface area contributed by atoms with Crippen LogP contribution in [0.2, 0.25) is 0 Å². The van der Waals surface area contributed by atoms with Gasteiger partial charge in [0, 0.05) is 19.6 Å². The van der Waals surface area contributed by atoms with Crippen LogP contribution in [-0.2, 0) is 4.74 Å². The van der Waals surface area contributed by atoms with E-state index in [-0.39, 0.29) is 5.82 Å². The molecule has 0 amide bonds. The van der Waals surface area contributed by atoms with E-state index in [4.69, 9.17) is 10.5 Å². The molecule has 0 radical (unpaired) electrons. The van der Waals surface area contributed by atoms with E-state index >= 15 is 0 Å². The lowest BCUT2D eigenvalue weighted by Crippen LogP contribution is -2.37. The van der Waals surface area contributed by atoms with Crippen molar-refractivity contribution in [1.82, 2.24) is 4.90 Å². The largest absolute Gasteiger partial charge is 0.397 e. The maximum atomic E-state index is 13.3. The van der Waals surface area contributed by atoms with Crippen LogP contribution in [0.3, 0.4) is 0 Å². The third-order valence-corrected chi connectivity index (χ3v) is 3.40. The van der Waals surface area contributed by atoms with E-state index in [0.717, 1.165) is 51.5 Å². The number of morpholine rings is 1. The zero-order chi connectivity index (χ0) is 13.7. The summed E-state index contributed by atoms with van der Waals surface area (Å²) in [5.74, 6) is -0.253. The molecule has 1 aromatic rings. The van der Waals surface area contributed by atoms with E-state index in [1.54, 1.807) is 13.0 Å². The lowest BCUT2D eigenvalue weighted by molar-refractivity contribution is 0.0378. The van der Waals surface area contributed by atoms with Crippen molar-refractivity contribution in [3.8, 4) is 0 Å². The Hall–Kier alpha value is -1.33. The summed E-state index contributed by atoms with van der Waals surface area (Å²) >= 11 is 0. The summed E-state index contributed by atoms with van der Waals surface area (Å²) in [7, 11) is 0. The van der Waals surface area contributed by atoms with Crippen LogP contribution in [0.25, 0.3) is 0 Å². The molecule has 0 bridgehead atoms. The third kappa shape index (κ3) is 4.08. The average molecular weight is 267 g/mol. The molecular formula is C14H22FN3O. The first-order chi connectivity index (χ1) is 9.16. The van der Waals surface area contributed by atoms with Gasteiger partial charge in [-0.25, -0.2) is 4.39 Å².